The van der Waals surface area contributed by atoms with Crippen LogP contribution in [0.1, 0.15) is 25.8 Å². The molecule has 1 unspecified atom stereocenters. The summed E-state index contributed by atoms with van der Waals surface area (Å²) in [5, 5.41) is 11.1. The monoisotopic (exact) mass is 384 g/mol. The van der Waals surface area contributed by atoms with Crippen molar-refractivity contribution in [2.24, 2.45) is 0 Å². The number of nitrogens with one attached hydrogen (secondary N) is 2. The molecule has 0 spiro atoms. The SMILES string of the molecule is CCC(C)NC(=S)Nc1nn(Cc2ccccc2F)cc1Br. The lowest BCUT2D eigenvalue weighted by Crippen LogP contribution is -2.35. The highest BCUT2D eigenvalue weighted by molar-refractivity contribution is 9.10. The molecule has 4 nitrogen and oxygen atoms in total. The zero-order valence-electron chi connectivity index (χ0n) is 12.4. The molecule has 2 aromatic rings. The molecule has 0 aliphatic rings. The van der Waals surface area contributed by atoms with E-state index in [1.165, 1.54) is 6.07 Å². The molecule has 118 valence electrons. The zero-order valence-corrected chi connectivity index (χ0v) is 14.8. The Balaban J connectivity index is 2.05. The van der Waals surface area contributed by atoms with Crippen LogP contribution < -0.4 is 10.6 Å². The van der Waals surface area contributed by atoms with Crippen LogP contribution in [0.3, 0.4) is 0 Å². The smallest absolute Gasteiger partial charge is 0.172 e. The van der Waals surface area contributed by atoms with E-state index in [1.54, 1.807) is 29.1 Å². The second kappa shape index (κ2) is 7.69. The maximum atomic E-state index is 13.7. The molecule has 0 amide bonds. The van der Waals surface area contributed by atoms with E-state index in [1.807, 2.05) is 0 Å². The fourth-order valence-electron chi connectivity index (χ4n) is 1.83. The maximum absolute atomic E-state index is 13.7. The Kier molecular flexibility index (Phi) is 5.90. The molecule has 22 heavy (non-hydrogen) atoms. The predicted molar refractivity (Wildman–Crippen MR) is 94.5 cm³/mol. The second-order valence-corrected chi connectivity index (χ2v) is 6.28. The van der Waals surface area contributed by atoms with Crippen LogP contribution in [-0.2, 0) is 6.54 Å². The summed E-state index contributed by atoms with van der Waals surface area (Å²) in [4.78, 5) is 0. The molecular weight excluding hydrogens is 367 g/mol. The summed E-state index contributed by atoms with van der Waals surface area (Å²) in [5.74, 6) is 0.370. The van der Waals surface area contributed by atoms with E-state index in [-0.39, 0.29) is 5.82 Å². The summed E-state index contributed by atoms with van der Waals surface area (Å²) in [6, 6.07) is 6.95. The summed E-state index contributed by atoms with van der Waals surface area (Å²) in [6.07, 6.45) is 2.77. The van der Waals surface area contributed by atoms with Crippen LogP contribution in [0.4, 0.5) is 10.2 Å². The van der Waals surface area contributed by atoms with E-state index >= 15 is 0 Å². The highest BCUT2D eigenvalue weighted by Crippen LogP contribution is 2.21. The van der Waals surface area contributed by atoms with Crippen molar-refractivity contribution in [3.05, 3.63) is 46.3 Å². The molecule has 0 saturated carbocycles. The number of aromatic nitrogens is 2. The first-order valence-electron chi connectivity index (χ1n) is 7.03. The number of hydrogen-bond acceptors (Lipinski definition) is 2. The summed E-state index contributed by atoms with van der Waals surface area (Å²) in [7, 11) is 0. The Bertz CT molecular complexity index is 659. The van der Waals surface area contributed by atoms with Crippen molar-refractivity contribution in [2.75, 3.05) is 5.32 Å². The second-order valence-electron chi connectivity index (χ2n) is 5.02. The lowest BCUT2D eigenvalue weighted by molar-refractivity contribution is 0.585. The van der Waals surface area contributed by atoms with Gasteiger partial charge in [-0.3, -0.25) is 4.68 Å². The van der Waals surface area contributed by atoms with Gasteiger partial charge < -0.3 is 10.6 Å². The minimum atomic E-state index is -0.238. The fraction of sp³-hybridized carbons (Fsp3) is 0.333. The summed E-state index contributed by atoms with van der Waals surface area (Å²) in [6.45, 7) is 4.50. The largest absolute Gasteiger partial charge is 0.360 e. The normalized spacial score (nSPS) is 12.0. The first kappa shape index (κ1) is 16.9. The van der Waals surface area contributed by atoms with Crippen LogP contribution in [-0.4, -0.2) is 20.9 Å². The molecule has 2 rings (SSSR count). The van der Waals surface area contributed by atoms with Crippen LogP contribution in [0.5, 0.6) is 0 Å². The first-order chi connectivity index (χ1) is 10.5. The fourth-order valence-corrected chi connectivity index (χ4v) is 2.55. The summed E-state index contributed by atoms with van der Waals surface area (Å²) >= 11 is 8.68. The number of nitrogens with zero attached hydrogens (tertiary/aromatic N) is 2. The number of benzene rings is 1. The number of anilines is 1. The Morgan fingerprint density at radius 1 is 1.45 bits per heavy atom. The van der Waals surface area contributed by atoms with E-state index in [0.717, 1.165) is 10.9 Å². The number of halogens is 2. The number of hydrogen-bond donors (Lipinski definition) is 2. The number of thiocarbonyl (C=S) groups is 1. The summed E-state index contributed by atoms with van der Waals surface area (Å²) < 4.78 is 16.1. The topological polar surface area (TPSA) is 41.9 Å². The van der Waals surface area contributed by atoms with Gasteiger partial charge in [0.2, 0.25) is 0 Å². The van der Waals surface area contributed by atoms with Crippen molar-refractivity contribution in [1.29, 1.82) is 0 Å². The Morgan fingerprint density at radius 2 is 2.18 bits per heavy atom. The van der Waals surface area contributed by atoms with Gasteiger partial charge in [-0.15, -0.1) is 0 Å². The highest BCUT2D eigenvalue weighted by atomic mass is 79.9. The minimum absolute atomic E-state index is 0.238. The van der Waals surface area contributed by atoms with Crippen LogP contribution in [0.15, 0.2) is 34.9 Å². The van der Waals surface area contributed by atoms with Gasteiger partial charge in [0, 0.05) is 17.8 Å². The van der Waals surface area contributed by atoms with Crippen LogP contribution in [0.25, 0.3) is 0 Å². The van der Waals surface area contributed by atoms with Crippen LogP contribution in [0, 0.1) is 5.82 Å². The quantitative estimate of drug-likeness (QED) is 0.766. The average molecular weight is 385 g/mol. The van der Waals surface area contributed by atoms with Crippen LogP contribution >= 0.6 is 28.1 Å². The van der Waals surface area contributed by atoms with Gasteiger partial charge in [0.15, 0.2) is 10.9 Å². The molecule has 0 fully saturated rings. The lowest BCUT2D eigenvalue weighted by Gasteiger charge is -2.14. The average Bonchev–Trinajstić information content (AvgIpc) is 2.81. The van der Waals surface area contributed by atoms with Crippen molar-refractivity contribution in [1.82, 2.24) is 15.1 Å². The number of rotatable bonds is 5. The van der Waals surface area contributed by atoms with E-state index in [0.29, 0.717) is 29.1 Å². The molecule has 1 aromatic heterocycles. The van der Waals surface area contributed by atoms with E-state index in [9.17, 15) is 4.39 Å². The third kappa shape index (κ3) is 4.51. The van der Waals surface area contributed by atoms with Gasteiger partial charge in [-0.25, -0.2) is 4.39 Å². The molecule has 1 heterocycles. The Labute approximate surface area is 143 Å². The molecule has 0 radical (unpaired) electrons. The van der Waals surface area contributed by atoms with E-state index in [4.69, 9.17) is 12.2 Å². The molecule has 2 N–H and O–H groups in total. The Morgan fingerprint density at radius 3 is 2.86 bits per heavy atom. The van der Waals surface area contributed by atoms with Crippen molar-refractivity contribution in [3.8, 4) is 0 Å². The van der Waals surface area contributed by atoms with Crippen molar-refractivity contribution < 1.29 is 4.39 Å². The zero-order chi connectivity index (χ0) is 16.1. The first-order valence-corrected chi connectivity index (χ1v) is 8.23. The van der Waals surface area contributed by atoms with Gasteiger partial charge >= 0.3 is 0 Å². The predicted octanol–water partition coefficient (Wildman–Crippen LogP) is 3.92. The standard InChI is InChI=1S/C15H18BrFN4S/c1-3-10(2)18-15(22)19-14-12(16)9-21(20-14)8-11-6-4-5-7-13(11)17/h4-7,9-10H,3,8H2,1-2H3,(H2,18,19,20,22). The van der Waals surface area contributed by atoms with Crippen molar-refractivity contribution in [2.45, 2.75) is 32.9 Å². The third-order valence-electron chi connectivity index (χ3n) is 3.23. The van der Waals surface area contributed by atoms with Gasteiger partial charge in [0.05, 0.1) is 11.0 Å². The minimum Gasteiger partial charge on any atom is -0.360 e. The van der Waals surface area contributed by atoms with Crippen molar-refractivity contribution >= 4 is 39.1 Å². The molecular formula is C15H18BrFN4S. The third-order valence-corrected chi connectivity index (χ3v) is 4.03. The highest BCUT2D eigenvalue weighted by Gasteiger charge is 2.10. The van der Waals surface area contributed by atoms with E-state index in [2.05, 4.69) is 45.5 Å². The van der Waals surface area contributed by atoms with Gasteiger partial charge in [0.1, 0.15) is 5.82 Å². The molecule has 0 aliphatic heterocycles. The van der Waals surface area contributed by atoms with Gasteiger partial charge in [0.25, 0.3) is 0 Å². The maximum Gasteiger partial charge on any atom is 0.172 e. The molecule has 7 heteroatoms. The van der Waals surface area contributed by atoms with E-state index < -0.39 is 0 Å². The molecule has 1 atom stereocenters. The van der Waals surface area contributed by atoms with Crippen LogP contribution in [0.2, 0.25) is 0 Å². The molecule has 1 aromatic carbocycles. The van der Waals surface area contributed by atoms with Gasteiger partial charge in [-0.05, 0) is 47.6 Å². The van der Waals surface area contributed by atoms with Gasteiger partial charge in [-0.1, -0.05) is 25.1 Å². The molecule has 0 saturated heterocycles. The Hall–Kier alpha value is -1.47. The molecule has 0 bridgehead atoms. The van der Waals surface area contributed by atoms with Crippen molar-refractivity contribution in [3.63, 3.8) is 0 Å². The lowest BCUT2D eigenvalue weighted by atomic mass is 10.2. The molecule has 0 aliphatic carbocycles. The summed E-state index contributed by atoms with van der Waals surface area (Å²) in [5.41, 5.74) is 0.587. The van der Waals surface area contributed by atoms with Gasteiger partial charge in [-0.2, -0.15) is 5.10 Å².